The van der Waals surface area contributed by atoms with E-state index in [2.05, 4.69) is 76.5 Å². The highest BCUT2D eigenvalue weighted by molar-refractivity contribution is 5.79. The average molecular weight is 711 g/mol. The van der Waals surface area contributed by atoms with Crippen LogP contribution in [0.5, 0.6) is 0 Å². The molecule has 0 radical (unpaired) electrons. The molecule has 0 aliphatic heterocycles. The number of rotatable bonds is 18. The number of aromatic nitrogens is 6. The van der Waals surface area contributed by atoms with Crippen LogP contribution in [0, 0.1) is 0 Å². The first kappa shape index (κ1) is 35.7. The van der Waals surface area contributed by atoms with Gasteiger partial charge in [-0.1, -0.05) is 36.4 Å². The highest BCUT2D eigenvalue weighted by Crippen LogP contribution is 2.23. The lowest BCUT2D eigenvalue weighted by Gasteiger charge is -2.14. The first-order valence-corrected chi connectivity index (χ1v) is 14.9. The normalized spacial score (nSPS) is 11.8. The van der Waals surface area contributed by atoms with Gasteiger partial charge in [-0.2, -0.15) is 29.9 Å². The summed E-state index contributed by atoms with van der Waals surface area (Å²) in [6, 6.07) is 23.8. The summed E-state index contributed by atoms with van der Waals surface area (Å²) in [5.41, 5.74) is 2.62. The molecule has 266 valence electrons. The number of benzene rings is 3. The van der Waals surface area contributed by atoms with Crippen LogP contribution < -0.4 is 31.9 Å². The average Bonchev–Trinajstić information content (AvgIpc) is 3.14. The van der Waals surface area contributed by atoms with Gasteiger partial charge in [0.05, 0.1) is 5.70 Å². The number of hydrogen-bond donors (Lipinski definition) is 10. The Morgan fingerprint density at radius 3 is 1.40 bits per heavy atom. The second kappa shape index (κ2) is 18.3. The Kier molecular flexibility index (Phi) is 12.6. The van der Waals surface area contributed by atoms with Crippen LogP contribution >= 0.6 is 0 Å². The molecule has 3 aromatic carbocycles. The zero-order valence-corrected chi connectivity index (χ0v) is 26.7. The van der Waals surface area contributed by atoms with Gasteiger partial charge in [-0.25, -0.2) is 20.6 Å². The molecule has 1 atom stereocenters. The van der Waals surface area contributed by atoms with Crippen LogP contribution in [0.3, 0.4) is 0 Å². The van der Waals surface area contributed by atoms with E-state index >= 15 is 0 Å². The minimum absolute atomic E-state index is 0.0313. The molecule has 0 aliphatic carbocycles. The maximum Gasteiger partial charge on any atom is 0.330 e. The molecule has 0 bridgehead atoms. The van der Waals surface area contributed by atoms with Crippen molar-refractivity contribution in [1.82, 2.24) is 29.9 Å². The zero-order valence-electron chi connectivity index (χ0n) is 26.7. The topological polar surface area (TPSA) is 275 Å². The predicted molar refractivity (Wildman–Crippen MR) is 188 cm³/mol. The molecule has 5 aromatic rings. The second-order valence-electron chi connectivity index (χ2n) is 10.0. The molecule has 0 saturated heterocycles. The van der Waals surface area contributed by atoms with Gasteiger partial charge in [0.2, 0.25) is 35.7 Å². The molecule has 10 N–H and O–H groups in total. The molecule has 2 aromatic heterocycles. The van der Waals surface area contributed by atoms with Crippen molar-refractivity contribution in [3.8, 4) is 0 Å². The largest absolute Gasteiger partial charge is 0.479 e. The van der Waals surface area contributed by atoms with Gasteiger partial charge in [-0.3, -0.25) is 0 Å². The molecule has 20 nitrogen and oxygen atoms in total. The summed E-state index contributed by atoms with van der Waals surface area (Å²) in [6.07, 6.45) is 4.94. The number of carbonyl (C=O) groups is 1. The molecule has 20 heteroatoms. The summed E-state index contributed by atoms with van der Waals surface area (Å²) in [5, 5.41) is 53.6. The Morgan fingerprint density at radius 1 is 0.558 bits per heavy atom. The van der Waals surface area contributed by atoms with Gasteiger partial charge in [-0.05, 0) is 54.6 Å². The summed E-state index contributed by atoms with van der Waals surface area (Å²) in [7, 11) is 0. The second-order valence-corrected chi connectivity index (χ2v) is 10.0. The van der Waals surface area contributed by atoms with Gasteiger partial charge >= 0.3 is 5.97 Å². The number of hydrogen-bond acceptors (Lipinski definition) is 19. The smallest absolute Gasteiger partial charge is 0.330 e. The van der Waals surface area contributed by atoms with E-state index < -0.39 is 12.0 Å². The van der Waals surface area contributed by atoms with E-state index in [4.69, 9.17) is 15.8 Å². The molecule has 52 heavy (non-hydrogen) atoms. The summed E-state index contributed by atoms with van der Waals surface area (Å²) in [6.45, 7) is 0. The van der Waals surface area contributed by atoms with E-state index in [9.17, 15) is 9.90 Å². The van der Waals surface area contributed by atoms with Crippen LogP contribution in [0.1, 0.15) is 0 Å². The Balaban J connectivity index is 1.37. The summed E-state index contributed by atoms with van der Waals surface area (Å²) in [5.74, 6) is -0.865. The third kappa shape index (κ3) is 11.0. The number of anilines is 10. The van der Waals surface area contributed by atoms with Crippen molar-refractivity contribution in [3.05, 3.63) is 122 Å². The highest BCUT2D eigenvalue weighted by atomic mass is 17.1. The lowest BCUT2D eigenvalue weighted by atomic mass is 10.3. The molecule has 0 saturated carbocycles. The quantitative estimate of drug-likeness (QED) is 0.0228. The number of carboxylic acids is 1. The van der Waals surface area contributed by atoms with Crippen LogP contribution in [0.4, 0.5) is 58.4 Å². The maximum absolute atomic E-state index is 11.7. The minimum Gasteiger partial charge on any atom is -0.479 e. The van der Waals surface area contributed by atoms with Crippen LogP contribution in [0.15, 0.2) is 122 Å². The number of nitrogens with one attached hydrogen (secondary N) is 6. The van der Waals surface area contributed by atoms with Crippen molar-refractivity contribution >= 4 is 64.4 Å². The first-order valence-electron chi connectivity index (χ1n) is 14.9. The number of aliphatic carboxylic acids is 1. The van der Waals surface area contributed by atoms with Crippen molar-refractivity contribution in [2.75, 3.05) is 31.9 Å². The van der Waals surface area contributed by atoms with Crippen LogP contribution in [-0.4, -0.2) is 62.8 Å². The molecular formula is C32H30N12O8. The third-order valence-electron chi connectivity index (χ3n) is 6.35. The first-order chi connectivity index (χ1) is 25.4. The lowest BCUT2D eigenvalue weighted by molar-refractivity contribution is -0.188. The van der Waals surface area contributed by atoms with Gasteiger partial charge in [0, 0.05) is 28.8 Å². The lowest BCUT2D eigenvalue weighted by Crippen LogP contribution is -2.28. The number of carboxylic acid groups (broad SMARTS) is 1. The van der Waals surface area contributed by atoms with Crippen molar-refractivity contribution in [3.63, 3.8) is 0 Å². The number of para-hydroxylation sites is 2. The Hall–Kier alpha value is -7.55. The van der Waals surface area contributed by atoms with Gasteiger partial charge < -0.3 is 51.7 Å². The van der Waals surface area contributed by atoms with Crippen LogP contribution in [0.25, 0.3) is 0 Å². The van der Waals surface area contributed by atoms with Gasteiger partial charge in [0.1, 0.15) is 18.6 Å². The fourth-order valence-corrected chi connectivity index (χ4v) is 4.14. The highest BCUT2D eigenvalue weighted by Gasteiger charge is 2.17. The van der Waals surface area contributed by atoms with Crippen molar-refractivity contribution in [2.45, 2.75) is 6.04 Å². The Labute approximate surface area is 294 Å². The fourth-order valence-electron chi connectivity index (χ4n) is 4.14. The minimum atomic E-state index is -1.34. The summed E-state index contributed by atoms with van der Waals surface area (Å²) >= 11 is 0. The van der Waals surface area contributed by atoms with E-state index in [0.717, 1.165) is 24.9 Å². The zero-order chi connectivity index (χ0) is 36.5. The van der Waals surface area contributed by atoms with E-state index in [0.29, 0.717) is 22.7 Å². The SMILES string of the molecule is O=C(O)C(/C=C\OO)Nc1nc(Nc2ccccc2)nc(Nc2ccc(Nc3nc(NC(/C=C\OO)=C/OO)nc(Nc4ccccc4)n3)cc2)n1. The van der Waals surface area contributed by atoms with E-state index in [1.54, 1.807) is 36.4 Å². The standard InChI is InChI=1S/C32H30N12O8/c45-26(46)25(16-18-51-48)38-32-43-28(34-21-9-5-2-6-10-21)40-30(44-32)36-23-13-11-22(12-14-23)35-29-39-27(33-20-7-3-1-4-8-20)41-31(42-29)37-24(19-52-49)15-17-50-47/h1-19,25,47-49H,(H,45,46)(H3,33,35,37,39,41,42)(H3,34,36,38,40,43,44)/b17-15-,18-16-,24-19+. The monoisotopic (exact) mass is 710 g/mol. The van der Waals surface area contributed by atoms with E-state index in [1.807, 2.05) is 48.5 Å². The van der Waals surface area contributed by atoms with Gasteiger partial charge in [-0.15, -0.1) is 0 Å². The molecular weight excluding hydrogens is 680 g/mol. The van der Waals surface area contributed by atoms with Gasteiger partial charge in [0.25, 0.3) is 0 Å². The van der Waals surface area contributed by atoms with Crippen LogP contribution in [0.2, 0.25) is 0 Å². The fraction of sp³-hybridized carbons (Fsp3) is 0.0312. The Morgan fingerprint density at radius 2 is 0.981 bits per heavy atom. The molecule has 0 aliphatic rings. The molecule has 5 rings (SSSR count). The maximum atomic E-state index is 11.7. The molecule has 0 amide bonds. The number of nitrogens with zero attached hydrogens (tertiary/aromatic N) is 6. The summed E-state index contributed by atoms with van der Waals surface area (Å²) < 4.78 is 0. The van der Waals surface area contributed by atoms with Crippen molar-refractivity contribution < 1.29 is 40.3 Å². The number of allylic oxidation sites excluding steroid dienone is 1. The van der Waals surface area contributed by atoms with Crippen molar-refractivity contribution in [1.29, 1.82) is 0 Å². The van der Waals surface area contributed by atoms with E-state index in [1.165, 1.54) is 6.08 Å². The van der Waals surface area contributed by atoms with E-state index in [-0.39, 0.29) is 41.4 Å². The third-order valence-corrected chi connectivity index (χ3v) is 6.35. The summed E-state index contributed by atoms with van der Waals surface area (Å²) in [4.78, 5) is 49.8. The predicted octanol–water partition coefficient (Wildman–Crippen LogP) is 5.65. The molecule has 0 spiro atoms. The molecule has 0 fully saturated rings. The van der Waals surface area contributed by atoms with Crippen molar-refractivity contribution in [2.24, 2.45) is 0 Å². The molecule has 2 heterocycles. The van der Waals surface area contributed by atoms with Crippen LogP contribution in [-0.2, 0) is 19.5 Å². The Bertz CT molecular complexity index is 2000. The molecule has 1 unspecified atom stereocenters. The van der Waals surface area contributed by atoms with Gasteiger partial charge in [0.15, 0.2) is 6.26 Å².